The van der Waals surface area contributed by atoms with Crippen molar-refractivity contribution >= 4 is 17.5 Å². The van der Waals surface area contributed by atoms with E-state index in [0.717, 1.165) is 74.5 Å². The molecule has 8 nitrogen and oxygen atoms in total. The topological polar surface area (TPSA) is 94.6 Å². The lowest BCUT2D eigenvalue weighted by Gasteiger charge is -2.44. The maximum Gasteiger partial charge on any atom is 0.327 e. The van der Waals surface area contributed by atoms with Gasteiger partial charge in [-0.2, -0.15) is 0 Å². The smallest absolute Gasteiger partial charge is 0.327 e. The van der Waals surface area contributed by atoms with Crippen LogP contribution < -0.4 is 10.6 Å². The number of oxime groups is 1. The second kappa shape index (κ2) is 12.3. The van der Waals surface area contributed by atoms with Crippen molar-refractivity contribution in [1.29, 1.82) is 0 Å². The van der Waals surface area contributed by atoms with Crippen molar-refractivity contribution in [2.45, 2.75) is 24.9 Å². The molecule has 0 amide bonds. The van der Waals surface area contributed by atoms with Crippen LogP contribution in [0.4, 0.5) is 5.69 Å². The number of nitrogens with two attached hydrogens (primary N) is 1. The van der Waals surface area contributed by atoms with E-state index in [9.17, 15) is 4.79 Å². The summed E-state index contributed by atoms with van der Waals surface area (Å²) in [5.41, 5.74) is 10.8. The van der Waals surface area contributed by atoms with Crippen LogP contribution in [0.5, 0.6) is 0 Å². The molecule has 2 heterocycles. The zero-order valence-corrected chi connectivity index (χ0v) is 22.4. The molecule has 2 fully saturated rings. The number of piperazine rings is 1. The summed E-state index contributed by atoms with van der Waals surface area (Å²) in [7, 11) is 1.47. The molecule has 8 heteroatoms. The molecule has 3 aromatic rings. The Morgan fingerprint density at radius 3 is 2.08 bits per heavy atom. The minimum absolute atomic E-state index is 0.122. The number of carbonyl (C=O) groups is 1. The molecule has 0 aliphatic carbocycles. The third-order valence-electron chi connectivity index (χ3n) is 8.09. The molecule has 2 saturated heterocycles. The van der Waals surface area contributed by atoms with E-state index in [0.29, 0.717) is 11.6 Å². The number of anilines is 1. The van der Waals surface area contributed by atoms with Gasteiger partial charge in [0.15, 0.2) is 5.84 Å². The molecule has 3 N–H and O–H groups in total. The zero-order valence-electron chi connectivity index (χ0n) is 22.4. The van der Waals surface area contributed by atoms with Gasteiger partial charge in [0, 0.05) is 56.6 Å². The van der Waals surface area contributed by atoms with Crippen LogP contribution in [-0.2, 0) is 9.53 Å². The van der Waals surface area contributed by atoms with E-state index >= 15 is 0 Å². The number of esters is 1. The molecule has 0 bridgehead atoms. The first kappa shape index (κ1) is 26.7. The van der Waals surface area contributed by atoms with Crippen molar-refractivity contribution in [2.75, 3.05) is 51.3 Å². The molecule has 3 aromatic carbocycles. The summed E-state index contributed by atoms with van der Waals surface area (Å²) in [6, 6.07) is 26.6. The summed E-state index contributed by atoms with van der Waals surface area (Å²) in [5.74, 6) is -0.0797. The van der Waals surface area contributed by atoms with Crippen LogP contribution in [0.1, 0.15) is 30.0 Å². The van der Waals surface area contributed by atoms with E-state index in [1.54, 1.807) is 0 Å². The van der Waals surface area contributed by atoms with Crippen molar-refractivity contribution in [3.05, 3.63) is 90.0 Å². The molecular formula is C31H37N5O3. The van der Waals surface area contributed by atoms with E-state index in [1.807, 2.05) is 42.5 Å². The normalized spacial score (nSPS) is 18.6. The number of ether oxygens (including phenoxy) is 1. The largest absolute Gasteiger partial charge is 0.468 e. The molecular weight excluding hydrogens is 490 g/mol. The summed E-state index contributed by atoms with van der Waals surface area (Å²) in [6.07, 6.45) is 2.06. The highest BCUT2D eigenvalue weighted by molar-refractivity contribution is 5.97. The first-order chi connectivity index (χ1) is 19.1. The van der Waals surface area contributed by atoms with Crippen LogP contribution >= 0.6 is 0 Å². The number of hydrogen-bond donors (Lipinski definition) is 2. The lowest BCUT2D eigenvalue weighted by molar-refractivity contribution is -0.148. The zero-order chi connectivity index (χ0) is 27.2. The van der Waals surface area contributed by atoms with Crippen molar-refractivity contribution < 1.29 is 14.7 Å². The molecule has 1 atom stereocenters. The monoisotopic (exact) mass is 527 g/mol. The Kier molecular flexibility index (Phi) is 8.44. The number of methoxy groups -OCH3 is 1. The quantitative estimate of drug-likeness (QED) is 0.158. The number of hydrogen-bond acceptors (Lipinski definition) is 7. The first-order valence-corrected chi connectivity index (χ1v) is 13.6. The number of likely N-dealkylation sites (tertiary alicyclic amines) is 1. The van der Waals surface area contributed by atoms with Gasteiger partial charge in [-0.1, -0.05) is 59.8 Å². The third-order valence-corrected chi connectivity index (χ3v) is 8.09. The lowest BCUT2D eigenvalue weighted by Crippen LogP contribution is -2.54. The Balaban J connectivity index is 1.17. The number of benzene rings is 3. The minimum Gasteiger partial charge on any atom is -0.468 e. The Morgan fingerprint density at radius 2 is 1.49 bits per heavy atom. The minimum atomic E-state index is -0.384. The molecule has 5 rings (SSSR count). The van der Waals surface area contributed by atoms with Crippen molar-refractivity contribution in [3.63, 3.8) is 0 Å². The van der Waals surface area contributed by atoms with E-state index in [2.05, 4.69) is 56.3 Å². The van der Waals surface area contributed by atoms with E-state index in [-0.39, 0.29) is 17.8 Å². The van der Waals surface area contributed by atoms with E-state index < -0.39 is 0 Å². The molecule has 204 valence electrons. The average Bonchev–Trinajstić information content (AvgIpc) is 3.02. The molecule has 0 saturated carbocycles. The van der Waals surface area contributed by atoms with Gasteiger partial charge in [0.25, 0.3) is 0 Å². The molecule has 2 aliphatic heterocycles. The SMILES string of the molecule is COC(=O)C(c1ccc(-c2ccccc2)cc1)N1CCC(N2CCN(c3ccc(C(N)=NO)cc3)CC2)CC1. The first-order valence-electron chi connectivity index (χ1n) is 13.6. The number of nitrogens with zero attached hydrogens (tertiary/aromatic N) is 4. The Morgan fingerprint density at radius 1 is 0.872 bits per heavy atom. The second-order valence-corrected chi connectivity index (χ2v) is 10.2. The van der Waals surface area contributed by atoms with Gasteiger partial charge in [-0.3, -0.25) is 9.80 Å². The van der Waals surface area contributed by atoms with Gasteiger partial charge in [-0.05, 0) is 53.8 Å². The standard InChI is InChI=1S/C31H37N5O3/c1-39-31(37)29(25-9-7-24(8-10-25)23-5-3-2-4-6-23)36-17-15-28(16-18-36)35-21-19-34(20-22-35)27-13-11-26(12-14-27)30(32)33-38/h2-14,28-29,38H,15-22H2,1H3,(H2,32,33). The van der Waals surface area contributed by atoms with Gasteiger partial charge in [-0.15, -0.1) is 0 Å². The maximum absolute atomic E-state index is 12.9. The Hall–Kier alpha value is -3.88. The lowest BCUT2D eigenvalue weighted by atomic mass is 9.96. The highest BCUT2D eigenvalue weighted by Gasteiger charge is 2.34. The predicted octanol–water partition coefficient (Wildman–Crippen LogP) is 3.95. The maximum atomic E-state index is 12.9. The highest BCUT2D eigenvalue weighted by Crippen LogP contribution is 2.30. The van der Waals surface area contributed by atoms with Crippen molar-refractivity contribution in [1.82, 2.24) is 9.80 Å². The molecule has 0 radical (unpaired) electrons. The van der Waals surface area contributed by atoms with Crippen LogP contribution in [0.15, 0.2) is 84.0 Å². The van der Waals surface area contributed by atoms with Crippen molar-refractivity contribution in [3.8, 4) is 11.1 Å². The third kappa shape index (κ3) is 6.08. The summed E-state index contributed by atoms with van der Waals surface area (Å²) in [5, 5.41) is 11.9. The summed E-state index contributed by atoms with van der Waals surface area (Å²) < 4.78 is 5.24. The Labute approximate surface area is 230 Å². The molecule has 2 aliphatic rings. The van der Waals surface area contributed by atoms with Gasteiger partial charge in [0.1, 0.15) is 6.04 Å². The van der Waals surface area contributed by atoms with E-state index in [1.165, 1.54) is 7.11 Å². The number of carbonyl (C=O) groups excluding carboxylic acids is 1. The molecule has 1 unspecified atom stereocenters. The fourth-order valence-corrected chi connectivity index (χ4v) is 5.85. The van der Waals surface area contributed by atoms with Gasteiger partial charge in [0.05, 0.1) is 7.11 Å². The van der Waals surface area contributed by atoms with Crippen LogP contribution in [0.2, 0.25) is 0 Å². The van der Waals surface area contributed by atoms with Gasteiger partial charge in [-0.25, -0.2) is 4.79 Å². The highest BCUT2D eigenvalue weighted by atomic mass is 16.5. The number of amidine groups is 1. The summed E-state index contributed by atoms with van der Waals surface area (Å²) in [6.45, 7) is 5.66. The number of rotatable bonds is 7. The summed E-state index contributed by atoms with van der Waals surface area (Å²) in [4.78, 5) is 20.1. The van der Waals surface area contributed by atoms with Gasteiger partial charge >= 0.3 is 5.97 Å². The molecule has 0 spiro atoms. The Bertz CT molecular complexity index is 1250. The van der Waals surface area contributed by atoms with E-state index in [4.69, 9.17) is 15.7 Å². The fourth-order valence-electron chi connectivity index (χ4n) is 5.85. The van der Waals surface area contributed by atoms with Crippen molar-refractivity contribution in [2.24, 2.45) is 10.9 Å². The van der Waals surface area contributed by atoms with Gasteiger partial charge in [0.2, 0.25) is 0 Å². The van der Waals surface area contributed by atoms with Gasteiger partial charge < -0.3 is 20.6 Å². The molecule has 39 heavy (non-hydrogen) atoms. The predicted molar refractivity (Wildman–Crippen MR) is 154 cm³/mol. The number of piperidine rings is 1. The molecule has 0 aromatic heterocycles. The van der Waals surface area contributed by atoms with Crippen LogP contribution in [-0.4, -0.2) is 79.2 Å². The summed E-state index contributed by atoms with van der Waals surface area (Å²) >= 11 is 0. The second-order valence-electron chi connectivity index (χ2n) is 10.2. The average molecular weight is 528 g/mol. The van der Waals surface area contributed by atoms with Crippen LogP contribution in [0, 0.1) is 0 Å². The van der Waals surface area contributed by atoms with Crippen LogP contribution in [0.25, 0.3) is 11.1 Å². The van der Waals surface area contributed by atoms with Crippen LogP contribution in [0.3, 0.4) is 0 Å². The fraction of sp³-hybridized carbons (Fsp3) is 0.355.